The number of amides is 1. The van der Waals surface area contributed by atoms with E-state index in [1.165, 1.54) is 42.5 Å². The van der Waals surface area contributed by atoms with Crippen molar-refractivity contribution in [1.82, 2.24) is 0 Å². The molecule has 0 aliphatic rings. The number of hydrogen-bond donors (Lipinski definition) is 2. The van der Waals surface area contributed by atoms with Crippen molar-refractivity contribution in [3.05, 3.63) is 58.3 Å². The molecular formula is C13H10BrFN2O3S. The van der Waals surface area contributed by atoms with E-state index in [9.17, 15) is 17.6 Å². The molecule has 1 amide bonds. The highest BCUT2D eigenvalue weighted by Gasteiger charge is 2.14. The number of sulfonamides is 1. The average Bonchev–Trinajstić information content (AvgIpc) is 2.41. The Morgan fingerprint density at radius 3 is 2.52 bits per heavy atom. The van der Waals surface area contributed by atoms with Crippen LogP contribution < -0.4 is 10.5 Å². The minimum absolute atomic E-state index is 0.0325. The molecule has 0 fully saturated rings. The summed E-state index contributed by atoms with van der Waals surface area (Å²) in [5.41, 5.74) is 0.332. The first-order valence-electron chi connectivity index (χ1n) is 5.67. The molecule has 0 bridgehead atoms. The molecule has 2 aromatic rings. The number of primary sulfonamides is 1. The van der Waals surface area contributed by atoms with Crippen LogP contribution in [-0.4, -0.2) is 14.3 Å². The molecule has 0 aliphatic carbocycles. The van der Waals surface area contributed by atoms with Gasteiger partial charge < -0.3 is 5.32 Å². The van der Waals surface area contributed by atoms with Crippen molar-refractivity contribution in [1.29, 1.82) is 0 Å². The molecule has 5 nitrogen and oxygen atoms in total. The summed E-state index contributed by atoms with van der Waals surface area (Å²) in [4.78, 5) is 11.9. The van der Waals surface area contributed by atoms with Gasteiger partial charge in [-0.2, -0.15) is 0 Å². The van der Waals surface area contributed by atoms with Crippen molar-refractivity contribution >= 4 is 37.5 Å². The van der Waals surface area contributed by atoms with Crippen LogP contribution in [0.3, 0.4) is 0 Å². The van der Waals surface area contributed by atoms with Gasteiger partial charge in [0, 0.05) is 5.69 Å². The lowest BCUT2D eigenvalue weighted by molar-refractivity contribution is 0.102. The van der Waals surface area contributed by atoms with Gasteiger partial charge in [0.05, 0.1) is 14.9 Å². The summed E-state index contributed by atoms with van der Waals surface area (Å²) in [5.74, 6) is -1.14. The minimum Gasteiger partial charge on any atom is -0.322 e. The third-order valence-corrected chi connectivity index (χ3v) is 4.33. The maximum absolute atomic E-state index is 13.4. The van der Waals surface area contributed by atoms with E-state index in [4.69, 9.17) is 5.14 Å². The second-order valence-corrected chi connectivity index (χ2v) is 6.48. The number of halogens is 2. The lowest BCUT2D eigenvalue weighted by Crippen LogP contribution is -2.15. The Labute approximate surface area is 129 Å². The van der Waals surface area contributed by atoms with E-state index in [1.54, 1.807) is 0 Å². The van der Waals surface area contributed by atoms with Crippen molar-refractivity contribution in [2.45, 2.75) is 4.90 Å². The maximum Gasteiger partial charge on any atom is 0.256 e. The van der Waals surface area contributed by atoms with Crippen molar-refractivity contribution < 1.29 is 17.6 Å². The third kappa shape index (κ3) is 3.66. The van der Waals surface area contributed by atoms with Gasteiger partial charge in [-0.25, -0.2) is 17.9 Å². The summed E-state index contributed by atoms with van der Waals surface area (Å²) in [6.07, 6.45) is 0. The van der Waals surface area contributed by atoms with Gasteiger partial charge in [0.25, 0.3) is 5.91 Å². The highest BCUT2D eigenvalue weighted by atomic mass is 79.9. The van der Waals surface area contributed by atoms with Crippen LogP contribution in [-0.2, 0) is 10.0 Å². The Hall–Kier alpha value is -1.77. The van der Waals surface area contributed by atoms with Gasteiger partial charge in [0.2, 0.25) is 10.0 Å². The number of nitrogens with one attached hydrogen (secondary N) is 1. The lowest BCUT2D eigenvalue weighted by Gasteiger charge is -2.08. The summed E-state index contributed by atoms with van der Waals surface area (Å²) in [6.45, 7) is 0. The van der Waals surface area contributed by atoms with E-state index >= 15 is 0 Å². The molecule has 3 N–H and O–H groups in total. The minimum atomic E-state index is -3.86. The van der Waals surface area contributed by atoms with E-state index in [0.29, 0.717) is 0 Å². The number of carbonyl (C=O) groups is 1. The highest BCUT2D eigenvalue weighted by molar-refractivity contribution is 9.10. The fourth-order valence-corrected chi connectivity index (χ4v) is 2.63. The van der Waals surface area contributed by atoms with E-state index in [0.717, 1.165) is 0 Å². The molecule has 0 radical (unpaired) electrons. The molecule has 8 heteroatoms. The van der Waals surface area contributed by atoms with Crippen LogP contribution in [0.2, 0.25) is 0 Å². The molecule has 0 saturated heterocycles. The van der Waals surface area contributed by atoms with E-state index in [2.05, 4.69) is 21.2 Å². The van der Waals surface area contributed by atoms with E-state index in [-0.39, 0.29) is 20.6 Å². The van der Waals surface area contributed by atoms with Crippen LogP contribution in [0.4, 0.5) is 10.1 Å². The standard InChI is InChI=1S/C13H10BrFN2O3S/c14-12-10(5-2-6-11(12)15)13(18)17-8-3-1-4-9(7-8)21(16,19)20/h1-7H,(H,17,18)(H2,16,19,20). The van der Waals surface area contributed by atoms with Crippen LogP contribution in [0.1, 0.15) is 10.4 Å². The molecule has 0 spiro atoms. The van der Waals surface area contributed by atoms with Crippen molar-refractivity contribution in [3.8, 4) is 0 Å². The Morgan fingerprint density at radius 2 is 1.86 bits per heavy atom. The van der Waals surface area contributed by atoms with Crippen molar-refractivity contribution in [2.75, 3.05) is 5.32 Å². The Bertz CT molecular complexity index is 809. The number of anilines is 1. The van der Waals surface area contributed by atoms with Crippen LogP contribution in [0.15, 0.2) is 51.8 Å². The first kappa shape index (κ1) is 15.6. The quantitative estimate of drug-likeness (QED) is 0.866. The summed E-state index contributed by atoms with van der Waals surface area (Å²) in [5, 5.41) is 7.50. The molecule has 0 atom stereocenters. The normalized spacial score (nSPS) is 11.2. The Kier molecular flexibility index (Phi) is 4.40. The zero-order chi connectivity index (χ0) is 15.6. The SMILES string of the molecule is NS(=O)(=O)c1cccc(NC(=O)c2cccc(F)c2Br)c1. The lowest BCUT2D eigenvalue weighted by atomic mass is 10.2. The van der Waals surface area contributed by atoms with Crippen LogP contribution in [0.25, 0.3) is 0 Å². The van der Waals surface area contributed by atoms with Crippen molar-refractivity contribution in [3.63, 3.8) is 0 Å². The van der Waals surface area contributed by atoms with Gasteiger partial charge in [0.15, 0.2) is 0 Å². The molecule has 0 unspecified atom stereocenters. The summed E-state index contributed by atoms with van der Waals surface area (Å²) in [6, 6.07) is 9.52. The second kappa shape index (κ2) is 5.92. The number of benzene rings is 2. The largest absolute Gasteiger partial charge is 0.322 e. The van der Waals surface area contributed by atoms with E-state index < -0.39 is 21.7 Å². The second-order valence-electron chi connectivity index (χ2n) is 4.13. The number of carbonyl (C=O) groups excluding carboxylic acids is 1. The van der Waals surface area contributed by atoms with Crippen molar-refractivity contribution in [2.24, 2.45) is 5.14 Å². The number of hydrogen-bond acceptors (Lipinski definition) is 3. The predicted octanol–water partition coefficient (Wildman–Crippen LogP) is 2.49. The first-order chi connectivity index (χ1) is 9.79. The monoisotopic (exact) mass is 372 g/mol. The Morgan fingerprint density at radius 1 is 1.19 bits per heavy atom. The van der Waals surface area contributed by atoms with Gasteiger partial charge in [-0.15, -0.1) is 0 Å². The zero-order valence-electron chi connectivity index (χ0n) is 10.5. The fraction of sp³-hybridized carbons (Fsp3) is 0. The predicted molar refractivity (Wildman–Crippen MR) is 79.9 cm³/mol. The summed E-state index contributed by atoms with van der Waals surface area (Å²) >= 11 is 2.99. The van der Waals surface area contributed by atoms with Gasteiger partial charge in [-0.1, -0.05) is 12.1 Å². The third-order valence-electron chi connectivity index (χ3n) is 2.62. The summed E-state index contributed by atoms with van der Waals surface area (Å²) in [7, 11) is -3.86. The Balaban J connectivity index is 2.30. The molecule has 2 rings (SSSR count). The van der Waals surface area contributed by atoms with Crippen LogP contribution in [0, 0.1) is 5.82 Å². The van der Waals surface area contributed by atoms with Gasteiger partial charge in [0.1, 0.15) is 5.82 Å². The molecule has 0 heterocycles. The van der Waals surface area contributed by atoms with Crippen LogP contribution >= 0.6 is 15.9 Å². The van der Waals surface area contributed by atoms with Crippen LogP contribution in [0.5, 0.6) is 0 Å². The first-order valence-corrected chi connectivity index (χ1v) is 8.01. The molecule has 0 aromatic heterocycles. The molecule has 0 saturated carbocycles. The number of rotatable bonds is 3. The van der Waals surface area contributed by atoms with Gasteiger partial charge in [-0.05, 0) is 46.3 Å². The topological polar surface area (TPSA) is 89.3 Å². The molecular weight excluding hydrogens is 363 g/mol. The molecule has 21 heavy (non-hydrogen) atoms. The van der Waals surface area contributed by atoms with Gasteiger partial charge >= 0.3 is 0 Å². The van der Waals surface area contributed by atoms with E-state index in [1.807, 2.05) is 0 Å². The maximum atomic E-state index is 13.4. The fourth-order valence-electron chi connectivity index (χ4n) is 1.63. The average molecular weight is 373 g/mol. The molecule has 2 aromatic carbocycles. The molecule has 0 aliphatic heterocycles. The number of nitrogens with two attached hydrogens (primary N) is 1. The highest BCUT2D eigenvalue weighted by Crippen LogP contribution is 2.22. The zero-order valence-corrected chi connectivity index (χ0v) is 12.9. The van der Waals surface area contributed by atoms with Gasteiger partial charge in [-0.3, -0.25) is 4.79 Å². The molecule has 110 valence electrons. The summed E-state index contributed by atoms with van der Waals surface area (Å²) < 4.78 is 35.9. The smallest absolute Gasteiger partial charge is 0.256 e.